The Bertz CT molecular complexity index is 687. The maximum absolute atomic E-state index is 13.1. The Morgan fingerprint density at radius 2 is 1.86 bits per heavy atom. The van der Waals surface area contributed by atoms with Crippen LogP contribution in [-0.4, -0.2) is 17.6 Å². The first kappa shape index (κ1) is 15.2. The third-order valence-electron chi connectivity index (χ3n) is 3.33. The fourth-order valence-corrected chi connectivity index (χ4v) is 2.39. The van der Waals surface area contributed by atoms with Crippen LogP contribution in [0, 0.1) is 6.92 Å². The predicted molar refractivity (Wildman–Crippen MR) is 71.9 cm³/mol. The Morgan fingerprint density at radius 3 is 2.43 bits per heavy atom. The molecule has 21 heavy (non-hydrogen) atoms. The maximum Gasteiger partial charge on any atom is 0.417 e. The number of hydrogen-bond acceptors (Lipinski definition) is 2. The third-order valence-corrected chi connectivity index (χ3v) is 3.33. The molecule has 1 aromatic carbocycles. The van der Waals surface area contributed by atoms with E-state index in [-0.39, 0.29) is 11.1 Å². The number of rotatable bonds is 2. The summed E-state index contributed by atoms with van der Waals surface area (Å²) in [4.78, 5) is 11.7. The van der Waals surface area contributed by atoms with Gasteiger partial charge >= 0.3 is 12.1 Å². The molecule has 0 fully saturated rings. The third kappa shape index (κ3) is 2.66. The molecule has 3 nitrogen and oxygen atoms in total. The first-order valence-electron chi connectivity index (χ1n) is 6.18. The minimum Gasteiger partial charge on any atom is -0.465 e. The van der Waals surface area contributed by atoms with Gasteiger partial charge in [0.05, 0.1) is 23.9 Å². The lowest BCUT2D eigenvalue weighted by molar-refractivity contribution is -0.137. The molecular weight excluding hydrogens is 283 g/mol. The average Bonchev–Trinajstić information content (AvgIpc) is 2.72. The number of esters is 1. The zero-order valence-corrected chi connectivity index (χ0v) is 11.8. The molecular formula is C15H14F3NO2. The van der Waals surface area contributed by atoms with Crippen molar-refractivity contribution < 1.29 is 22.7 Å². The normalized spacial score (nSPS) is 11.5. The molecule has 0 unspecified atom stereocenters. The van der Waals surface area contributed by atoms with Crippen LogP contribution in [0.25, 0.3) is 11.3 Å². The van der Waals surface area contributed by atoms with Crippen LogP contribution in [0.3, 0.4) is 0 Å². The van der Waals surface area contributed by atoms with Crippen molar-refractivity contribution in [2.45, 2.75) is 13.1 Å². The van der Waals surface area contributed by atoms with Crippen molar-refractivity contribution >= 4 is 5.97 Å². The van der Waals surface area contributed by atoms with Crippen molar-refractivity contribution in [3.05, 3.63) is 47.2 Å². The van der Waals surface area contributed by atoms with Crippen LogP contribution in [0.4, 0.5) is 13.2 Å². The molecule has 0 saturated heterocycles. The van der Waals surface area contributed by atoms with Crippen LogP contribution in [-0.2, 0) is 18.0 Å². The van der Waals surface area contributed by atoms with Crippen molar-refractivity contribution in [3.8, 4) is 11.3 Å². The molecule has 2 aromatic rings. The molecule has 1 heterocycles. The summed E-state index contributed by atoms with van der Waals surface area (Å²) in [5, 5.41) is 0. The zero-order chi connectivity index (χ0) is 15.8. The van der Waals surface area contributed by atoms with Gasteiger partial charge in [-0.15, -0.1) is 0 Å². The van der Waals surface area contributed by atoms with E-state index in [9.17, 15) is 18.0 Å². The van der Waals surface area contributed by atoms with E-state index >= 15 is 0 Å². The number of nitrogens with zero attached hydrogens (tertiary/aromatic N) is 1. The summed E-state index contributed by atoms with van der Waals surface area (Å²) in [5.74, 6) is -0.571. The summed E-state index contributed by atoms with van der Waals surface area (Å²) in [6.45, 7) is 1.61. The topological polar surface area (TPSA) is 31.2 Å². The second kappa shape index (κ2) is 5.27. The van der Waals surface area contributed by atoms with E-state index in [0.29, 0.717) is 11.3 Å². The first-order chi connectivity index (χ1) is 9.77. The van der Waals surface area contributed by atoms with Crippen LogP contribution in [0.2, 0.25) is 0 Å². The Labute approximate surface area is 120 Å². The second-order valence-electron chi connectivity index (χ2n) is 4.66. The molecule has 0 N–H and O–H groups in total. The lowest BCUT2D eigenvalue weighted by Gasteiger charge is -2.14. The molecule has 0 aliphatic rings. The van der Waals surface area contributed by atoms with Crippen LogP contribution in [0.1, 0.15) is 21.5 Å². The fraction of sp³-hybridized carbons (Fsp3) is 0.267. The highest BCUT2D eigenvalue weighted by molar-refractivity contribution is 5.93. The number of halogens is 3. The van der Waals surface area contributed by atoms with Gasteiger partial charge in [-0.2, -0.15) is 13.2 Å². The molecule has 0 radical (unpaired) electrons. The summed E-state index contributed by atoms with van der Waals surface area (Å²) < 4.78 is 45.5. The highest BCUT2D eigenvalue weighted by atomic mass is 19.4. The Balaban J connectivity index is 2.69. The molecule has 0 atom stereocenters. The van der Waals surface area contributed by atoms with Gasteiger partial charge in [-0.25, -0.2) is 4.79 Å². The summed E-state index contributed by atoms with van der Waals surface area (Å²) in [6, 6.07) is 5.30. The highest BCUT2D eigenvalue weighted by Gasteiger charge is 2.34. The molecule has 112 valence electrons. The number of benzene rings is 1. The van der Waals surface area contributed by atoms with E-state index in [1.807, 2.05) is 0 Å². The number of alkyl halides is 3. The van der Waals surface area contributed by atoms with Crippen LogP contribution >= 0.6 is 0 Å². The minimum absolute atomic E-state index is 0.0418. The number of hydrogen-bond donors (Lipinski definition) is 0. The molecule has 0 aliphatic heterocycles. The Hall–Kier alpha value is -2.24. The molecule has 2 rings (SSSR count). The second-order valence-corrected chi connectivity index (χ2v) is 4.66. The summed E-state index contributed by atoms with van der Waals surface area (Å²) in [7, 11) is 2.83. The van der Waals surface area contributed by atoms with Gasteiger partial charge in [-0.1, -0.05) is 18.2 Å². The maximum atomic E-state index is 13.1. The SMILES string of the molecule is COC(=O)c1cn(C)c(-c2ccccc2C(F)(F)F)c1C. The minimum atomic E-state index is -4.46. The molecule has 0 amide bonds. The van der Waals surface area contributed by atoms with Crippen molar-refractivity contribution in [3.63, 3.8) is 0 Å². The van der Waals surface area contributed by atoms with E-state index in [0.717, 1.165) is 6.07 Å². The number of ether oxygens (including phenoxy) is 1. The van der Waals surface area contributed by atoms with Crippen molar-refractivity contribution in [1.82, 2.24) is 4.57 Å². The van der Waals surface area contributed by atoms with E-state index in [1.54, 1.807) is 14.0 Å². The molecule has 0 saturated carbocycles. The van der Waals surface area contributed by atoms with Gasteiger partial charge in [0, 0.05) is 18.8 Å². The van der Waals surface area contributed by atoms with Crippen LogP contribution < -0.4 is 0 Å². The Kier molecular flexibility index (Phi) is 3.80. The van der Waals surface area contributed by atoms with E-state index < -0.39 is 17.7 Å². The monoisotopic (exact) mass is 297 g/mol. The first-order valence-corrected chi connectivity index (χ1v) is 6.18. The van der Waals surface area contributed by atoms with Crippen LogP contribution in [0.15, 0.2) is 30.5 Å². The number of carbonyl (C=O) groups excluding carboxylic acids is 1. The molecule has 0 aliphatic carbocycles. The largest absolute Gasteiger partial charge is 0.465 e. The van der Waals surface area contributed by atoms with E-state index in [1.165, 1.54) is 36.1 Å². The van der Waals surface area contributed by atoms with Crippen LogP contribution in [0.5, 0.6) is 0 Å². The molecule has 6 heteroatoms. The van der Waals surface area contributed by atoms with E-state index in [4.69, 9.17) is 0 Å². The number of methoxy groups -OCH3 is 1. The van der Waals surface area contributed by atoms with Crippen molar-refractivity contribution in [2.24, 2.45) is 7.05 Å². The lowest BCUT2D eigenvalue weighted by atomic mass is 10.0. The Morgan fingerprint density at radius 1 is 1.24 bits per heavy atom. The van der Waals surface area contributed by atoms with Gasteiger partial charge in [0.1, 0.15) is 0 Å². The van der Waals surface area contributed by atoms with Gasteiger partial charge in [0.25, 0.3) is 0 Å². The fourth-order valence-electron chi connectivity index (χ4n) is 2.39. The summed E-state index contributed by atoms with van der Waals surface area (Å²) >= 11 is 0. The quantitative estimate of drug-likeness (QED) is 0.789. The smallest absolute Gasteiger partial charge is 0.417 e. The number of carbonyl (C=O) groups is 1. The van der Waals surface area contributed by atoms with Gasteiger partial charge in [0.15, 0.2) is 0 Å². The van der Waals surface area contributed by atoms with Gasteiger partial charge in [-0.05, 0) is 18.6 Å². The predicted octanol–water partition coefficient (Wildman–Crippen LogP) is 3.81. The highest BCUT2D eigenvalue weighted by Crippen LogP contribution is 2.38. The van der Waals surface area contributed by atoms with Gasteiger partial charge < -0.3 is 9.30 Å². The van der Waals surface area contributed by atoms with Gasteiger partial charge in [0.2, 0.25) is 0 Å². The van der Waals surface area contributed by atoms with Crippen molar-refractivity contribution in [2.75, 3.05) is 7.11 Å². The summed E-state index contributed by atoms with van der Waals surface area (Å²) in [5.41, 5.74) is 0.377. The van der Waals surface area contributed by atoms with E-state index in [2.05, 4.69) is 4.74 Å². The standard InChI is InChI=1S/C15H14F3NO2/c1-9-11(14(20)21-3)8-19(2)13(9)10-6-4-5-7-12(10)15(16,17)18/h4-8H,1-3H3. The average molecular weight is 297 g/mol. The van der Waals surface area contributed by atoms with Crippen molar-refractivity contribution in [1.29, 1.82) is 0 Å². The number of aromatic nitrogens is 1. The van der Waals surface area contributed by atoms with Gasteiger partial charge in [-0.3, -0.25) is 0 Å². The molecule has 0 spiro atoms. The molecule has 0 bridgehead atoms. The lowest BCUT2D eigenvalue weighted by Crippen LogP contribution is -2.08. The molecule has 1 aromatic heterocycles. The zero-order valence-electron chi connectivity index (χ0n) is 11.8. The number of aryl methyl sites for hydroxylation is 1. The summed E-state index contributed by atoms with van der Waals surface area (Å²) in [6.07, 6.45) is -2.98.